The first-order chi connectivity index (χ1) is 12.8. The van der Waals surface area contributed by atoms with Crippen molar-refractivity contribution in [3.05, 3.63) is 23.8 Å². The molecule has 27 heavy (non-hydrogen) atoms. The number of nitrogens with zero attached hydrogens (tertiary/aromatic N) is 1. The van der Waals surface area contributed by atoms with Crippen LogP contribution in [0.15, 0.2) is 18.2 Å². The van der Waals surface area contributed by atoms with Gasteiger partial charge in [0.15, 0.2) is 27.9 Å². The minimum absolute atomic E-state index is 0.0425. The van der Waals surface area contributed by atoms with E-state index >= 15 is 0 Å². The molecule has 2 aliphatic rings. The number of esters is 1. The maximum Gasteiger partial charge on any atom is 0.338 e. The summed E-state index contributed by atoms with van der Waals surface area (Å²) in [7, 11) is -3.12. The minimum atomic E-state index is -3.12. The first-order valence-electron chi connectivity index (χ1n) is 8.89. The highest BCUT2D eigenvalue weighted by molar-refractivity contribution is 7.91. The second kappa shape index (κ2) is 7.75. The number of sulfone groups is 1. The standard InChI is InChI=1S/C18H23NO7S/c1-3-12(2)19(14-6-7-27(22,23)10-14)17(20)9-24-18(21)13-4-5-15-16(8-13)26-11-25-15/h4-5,8,12,14H,3,6-7,9-11H2,1-2H3/t12-,14-/m0/s1. The van der Waals surface area contributed by atoms with Crippen molar-refractivity contribution in [3.63, 3.8) is 0 Å². The number of hydrogen-bond acceptors (Lipinski definition) is 7. The van der Waals surface area contributed by atoms with E-state index in [9.17, 15) is 18.0 Å². The van der Waals surface area contributed by atoms with Crippen molar-refractivity contribution in [1.82, 2.24) is 4.90 Å². The summed E-state index contributed by atoms with van der Waals surface area (Å²) < 4.78 is 39.1. The molecular weight excluding hydrogens is 374 g/mol. The number of carbonyl (C=O) groups excluding carboxylic acids is 2. The third kappa shape index (κ3) is 4.35. The van der Waals surface area contributed by atoms with Crippen molar-refractivity contribution in [2.45, 2.75) is 38.8 Å². The molecule has 0 unspecified atom stereocenters. The summed E-state index contributed by atoms with van der Waals surface area (Å²) in [5.41, 5.74) is 0.255. The number of fused-ring (bicyclic) bond motifs is 1. The van der Waals surface area contributed by atoms with E-state index in [1.807, 2.05) is 13.8 Å². The predicted octanol–water partition coefficient (Wildman–Crippen LogP) is 1.39. The number of ether oxygens (including phenoxy) is 3. The van der Waals surface area contributed by atoms with Crippen molar-refractivity contribution in [1.29, 1.82) is 0 Å². The van der Waals surface area contributed by atoms with Gasteiger partial charge >= 0.3 is 5.97 Å². The Morgan fingerprint density at radius 1 is 1.30 bits per heavy atom. The fourth-order valence-electron chi connectivity index (χ4n) is 3.31. The Balaban J connectivity index is 1.64. The van der Waals surface area contributed by atoms with Crippen molar-refractivity contribution in [2.75, 3.05) is 24.9 Å². The molecule has 3 rings (SSSR count). The summed E-state index contributed by atoms with van der Waals surface area (Å²) in [6, 6.07) is 4.14. The second-order valence-electron chi connectivity index (χ2n) is 6.76. The summed E-state index contributed by atoms with van der Waals surface area (Å²) in [4.78, 5) is 26.5. The molecule has 9 heteroatoms. The van der Waals surface area contributed by atoms with E-state index in [1.54, 1.807) is 11.0 Å². The second-order valence-corrected chi connectivity index (χ2v) is 8.99. The number of carbonyl (C=O) groups is 2. The van der Waals surface area contributed by atoms with E-state index in [0.717, 1.165) is 0 Å². The van der Waals surface area contributed by atoms with E-state index in [0.29, 0.717) is 24.3 Å². The molecule has 148 valence electrons. The van der Waals surface area contributed by atoms with E-state index in [2.05, 4.69) is 0 Å². The summed E-state index contributed by atoms with van der Waals surface area (Å²) in [6.45, 7) is 3.45. The minimum Gasteiger partial charge on any atom is -0.454 e. The average molecular weight is 397 g/mol. The Kier molecular flexibility index (Phi) is 5.59. The SMILES string of the molecule is CC[C@H](C)N(C(=O)COC(=O)c1ccc2c(c1)OCO2)[C@H]1CCS(=O)(=O)C1. The van der Waals surface area contributed by atoms with Crippen LogP contribution in [0.3, 0.4) is 0 Å². The summed E-state index contributed by atoms with van der Waals surface area (Å²) in [6.07, 6.45) is 1.09. The van der Waals surface area contributed by atoms with E-state index < -0.39 is 22.4 Å². The van der Waals surface area contributed by atoms with Gasteiger partial charge in [0.2, 0.25) is 6.79 Å². The lowest BCUT2D eigenvalue weighted by atomic mass is 10.1. The number of benzene rings is 1. The van der Waals surface area contributed by atoms with Crippen LogP contribution in [0.25, 0.3) is 0 Å². The van der Waals surface area contributed by atoms with Crippen LogP contribution in [0.2, 0.25) is 0 Å². The van der Waals surface area contributed by atoms with Gasteiger partial charge < -0.3 is 19.1 Å². The Bertz CT molecular complexity index is 836. The summed E-state index contributed by atoms with van der Waals surface area (Å²) in [5, 5.41) is 0. The first-order valence-corrected chi connectivity index (χ1v) is 10.7. The van der Waals surface area contributed by atoms with Crippen LogP contribution < -0.4 is 9.47 Å². The molecular formula is C18H23NO7S. The molecule has 0 aromatic heterocycles. The van der Waals surface area contributed by atoms with Crippen LogP contribution in [0.1, 0.15) is 37.0 Å². The smallest absolute Gasteiger partial charge is 0.338 e. The molecule has 1 fully saturated rings. The molecule has 2 heterocycles. The highest BCUT2D eigenvalue weighted by Gasteiger charge is 2.36. The molecule has 0 radical (unpaired) electrons. The molecule has 1 aromatic carbocycles. The Labute approximate surface area is 158 Å². The third-order valence-electron chi connectivity index (χ3n) is 4.89. The third-order valence-corrected chi connectivity index (χ3v) is 6.64. The molecule has 0 bridgehead atoms. The molecule has 0 spiro atoms. The summed E-state index contributed by atoms with van der Waals surface area (Å²) in [5.74, 6) is 0.000140. The van der Waals surface area contributed by atoms with Gasteiger partial charge in [-0.3, -0.25) is 4.79 Å². The van der Waals surface area contributed by atoms with E-state index in [-0.39, 0.29) is 41.9 Å². The fourth-order valence-corrected chi connectivity index (χ4v) is 5.02. The fraction of sp³-hybridized carbons (Fsp3) is 0.556. The lowest BCUT2D eigenvalue weighted by Gasteiger charge is -2.33. The van der Waals surface area contributed by atoms with E-state index in [4.69, 9.17) is 14.2 Å². The molecule has 2 atom stereocenters. The number of hydrogen-bond donors (Lipinski definition) is 0. The molecule has 0 saturated carbocycles. The molecule has 8 nitrogen and oxygen atoms in total. The van der Waals surface area contributed by atoms with Gasteiger partial charge in [-0.1, -0.05) is 6.92 Å². The maximum absolute atomic E-state index is 12.7. The molecule has 2 aliphatic heterocycles. The monoisotopic (exact) mass is 397 g/mol. The lowest BCUT2D eigenvalue weighted by Crippen LogP contribution is -2.48. The quantitative estimate of drug-likeness (QED) is 0.669. The zero-order valence-electron chi connectivity index (χ0n) is 15.3. The van der Waals surface area contributed by atoms with Crippen molar-refractivity contribution in [3.8, 4) is 11.5 Å². The van der Waals surface area contributed by atoms with Crippen LogP contribution >= 0.6 is 0 Å². The first kappa shape index (κ1) is 19.5. The highest BCUT2D eigenvalue weighted by atomic mass is 32.2. The highest BCUT2D eigenvalue weighted by Crippen LogP contribution is 2.32. The molecule has 0 aliphatic carbocycles. The zero-order valence-corrected chi connectivity index (χ0v) is 16.2. The molecule has 1 saturated heterocycles. The van der Waals surface area contributed by atoms with Gasteiger partial charge in [0.05, 0.1) is 17.1 Å². The Hall–Kier alpha value is -2.29. The predicted molar refractivity (Wildman–Crippen MR) is 96.5 cm³/mol. The van der Waals surface area contributed by atoms with Gasteiger partial charge in [0, 0.05) is 12.1 Å². The topological polar surface area (TPSA) is 99.2 Å². The summed E-state index contributed by atoms with van der Waals surface area (Å²) >= 11 is 0. The Morgan fingerprint density at radius 2 is 2.04 bits per heavy atom. The van der Waals surface area contributed by atoms with Gasteiger partial charge in [-0.15, -0.1) is 0 Å². The molecule has 1 aromatic rings. The van der Waals surface area contributed by atoms with Gasteiger partial charge in [0.25, 0.3) is 5.91 Å². The van der Waals surface area contributed by atoms with Crippen LogP contribution in [-0.4, -0.2) is 62.2 Å². The number of amides is 1. The van der Waals surface area contributed by atoms with Crippen molar-refractivity contribution in [2.24, 2.45) is 0 Å². The van der Waals surface area contributed by atoms with Crippen molar-refractivity contribution >= 4 is 21.7 Å². The lowest BCUT2D eigenvalue weighted by molar-refractivity contribution is -0.138. The Morgan fingerprint density at radius 3 is 2.70 bits per heavy atom. The number of rotatable bonds is 6. The zero-order chi connectivity index (χ0) is 19.6. The van der Waals surface area contributed by atoms with Gasteiger partial charge in [0.1, 0.15) is 0 Å². The average Bonchev–Trinajstić information content (AvgIpc) is 3.24. The van der Waals surface area contributed by atoms with Crippen LogP contribution in [0, 0.1) is 0 Å². The van der Waals surface area contributed by atoms with Gasteiger partial charge in [-0.25, -0.2) is 13.2 Å². The molecule has 0 N–H and O–H groups in total. The van der Waals surface area contributed by atoms with Crippen molar-refractivity contribution < 1.29 is 32.2 Å². The van der Waals surface area contributed by atoms with Crippen LogP contribution in [-0.2, 0) is 19.4 Å². The van der Waals surface area contributed by atoms with Gasteiger partial charge in [-0.2, -0.15) is 0 Å². The van der Waals surface area contributed by atoms with Crippen LogP contribution in [0.5, 0.6) is 11.5 Å². The van der Waals surface area contributed by atoms with Crippen LogP contribution in [0.4, 0.5) is 0 Å². The normalized spacial score (nSPS) is 20.9. The van der Waals surface area contributed by atoms with E-state index in [1.165, 1.54) is 12.1 Å². The van der Waals surface area contributed by atoms with Gasteiger partial charge in [-0.05, 0) is 38.0 Å². The maximum atomic E-state index is 12.7. The largest absolute Gasteiger partial charge is 0.454 e. The molecule has 1 amide bonds.